The summed E-state index contributed by atoms with van der Waals surface area (Å²) in [6, 6.07) is 113. The number of hydrogen-bond acceptors (Lipinski definition) is 19. The Morgan fingerprint density at radius 2 is 0.862 bits per heavy atom. The molecule has 0 unspecified atom stereocenters. The van der Waals surface area contributed by atoms with Crippen LogP contribution in [0.4, 0.5) is 62.6 Å². The van der Waals surface area contributed by atoms with E-state index in [1.807, 2.05) is 201 Å². The Kier molecular flexibility index (Phi) is 36.0. The number of oxazole rings is 1. The quantitative estimate of drug-likeness (QED) is 0.0676. The molecule has 0 spiro atoms. The topological polar surface area (TPSA) is 247 Å². The van der Waals surface area contributed by atoms with E-state index in [0.29, 0.717) is 0 Å². The largest absolute Gasteiger partial charge is 0.490 e. The van der Waals surface area contributed by atoms with Crippen LogP contribution in [0.25, 0.3) is 43.7 Å². The normalized spacial score (nSPS) is 13.6. The number of ether oxygens (including phenoxy) is 1. The zero-order chi connectivity index (χ0) is 88.6. The zero-order valence-corrected chi connectivity index (χ0v) is 73.4. The molecule has 11 N–H and O–H groups in total. The summed E-state index contributed by atoms with van der Waals surface area (Å²) >= 11 is 0. The van der Waals surface area contributed by atoms with Crippen LogP contribution in [0, 0.1) is 0 Å². The summed E-state index contributed by atoms with van der Waals surface area (Å²) in [5, 5.41) is 44.4. The van der Waals surface area contributed by atoms with E-state index in [4.69, 9.17) is 9.15 Å². The molecule has 9 aliphatic rings. The second kappa shape index (κ2) is 51.7. The lowest BCUT2D eigenvalue weighted by atomic mass is 10.1. The third-order valence-electron chi connectivity index (χ3n) is 21.6. The summed E-state index contributed by atoms with van der Waals surface area (Å²) in [6.45, 7) is 10.7. The number of rotatable bonds is 0. The van der Waals surface area contributed by atoms with Crippen molar-refractivity contribution in [3.05, 3.63) is 410 Å². The Morgan fingerprint density at radius 1 is 0.331 bits per heavy atom. The first-order chi connectivity index (χ1) is 64.6. The van der Waals surface area contributed by atoms with Gasteiger partial charge in [-0.2, -0.15) is 5.10 Å². The predicted octanol–water partition coefficient (Wildman–Crippen LogP) is 24.9. The Labute approximate surface area is 762 Å². The maximum atomic E-state index is 5.36. The van der Waals surface area contributed by atoms with E-state index in [9.17, 15) is 0 Å². The molecule has 0 saturated carbocycles. The first kappa shape index (κ1) is 90.6. The number of H-pyrrole nitrogens is 1. The minimum absolute atomic E-state index is 0.746. The molecule has 13 aromatic carbocycles. The molecule has 656 valence electrons. The highest BCUT2D eigenvalue weighted by Crippen LogP contribution is 2.30. The van der Waals surface area contributed by atoms with Crippen molar-refractivity contribution in [3.8, 4) is 5.75 Å². The summed E-state index contributed by atoms with van der Waals surface area (Å²) < 4.78 is 10.4. The average Bonchev–Trinajstić information content (AvgIpc) is 1.70. The maximum Gasteiger partial charge on any atom is 0.181 e. The van der Waals surface area contributed by atoms with Crippen LogP contribution in [0.5, 0.6) is 5.75 Å². The molecule has 130 heavy (non-hydrogen) atoms. The number of aliphatic imine (C=N–C) groups is 3. The molecular weight excluding hydrogens is 1610 g/mol. The van der Waals surface area contributed by atoms with Crippen molar-refractivity contribution in [2.45, 2.75) is 71.0 Å². The van der Waals surface area contributed by atoms with Gasteiger partial charge in [-0.15, -0.1) is 0 Å². The van der Waals surface area contributed by atoms with E-state index in [0.717, 1.165) is 140 Å². The third-order valence-corrected chi connectivity index (χ3v) is 21.6. The van der Waals surface area contributed by atoms with Crippen molar-refractivity contribution in [1.29, 1.82) is 0 Å². The van der Waals surface area contributed by atoms with E-state index in [1.54, 1.807) is 12.4 Å². The van der Waals surface area contributed by atoms with Gasteiger partial charge in [0.2, 0.25) is 0 Å². The number of nitrogens with one attached hydrogen (secondary N) is 11. The fraction of sp³-hybridized carbons (Fsp3) is 0.173. The molecule has 0 atom stereocenters. The SMILES string of the molecule is C1=CNc2ccccc2NC1.C1=NCc2ccccc2N=C1.C1=Nc2ccccc2CCC1.c1ccc2[nH]ncc2c1.c1ccc2c(c1)CCCCN2.c1ccc2c(c1)CCN2.c1ccc2c(c1)CNC2.c1ccc2c(c1)NCCCN2.c1ccc2c(c1)NCCO2.c1ccc2c(c1)NCN2.c1ccc2cnccc2c1.c1ccc2ncccc2c1.c1ccc2ocnc2c1. The minimum Gasteiger partial charge on any atom is -0.490 e. The predicted molar refractivity (Wildman–Crippen MR) is 546 cm³/mol. The van der Waals surface area contributed by atoms with Crippen molar-refractivity contribution in [2.24, 2.45) is 15.0 Å². The van der Waals surface area contributed by atoms with Gasteiger partial charge in [0.15, 0.2) is 12.0 Å². The number of nitrogens with zero attached hydrogens (tertiary/aromatic N) is 7. The minimum atomic E-state index is 0.746. The molecule has 26 rings (SSSR count). The van der Waals surface area contributed by atoms with E-state index in [-0.39, 0.29) is 0 Å². The van der Waals surface area contributed by atoms with Crippen LogP contribution >= 0.6 is 0 Å². The van der Waals surface area contributed by atoms with Gasteiger partial charge in [-0.05, 0) is 217 Å². The molecule has 0 radical (unpaired) electrons. The van der Waals surface area contributed by atoms with Gasteiger partial charge in [0.1, 0.15) is 17.9 Å². The standard InChI is InChI=1S/C10H13N.C10H11N.C9H12N2.C9H10N2.C9H8N2.2C9H7N.C8H9NO.2C8H9N.C7H8N2.C7H6N2.C7H5NO/c2*1-2-7-10-9(5-1)6-3-4-8-11-10;2*1-2-5-9-8(4-1)10-6-3-7-11-9;1-2-4-9-8(3-1)7-10-5-6-11-9;1-2-6-9-8(4-1)5-3-7-10-9;1-2-4-9-7-10-6-5-8(9)3-1;1-2-4-8-7(3-1)9-5-6-10-8;1-2-4-8-6-9-5-7(8)3-1;1-2-4-8-7(3-1)5-6-9-8;1-2-4-7-6(3-1)8-5-9-7;1-2-4-7-6(3-1)5-8-9-7;1-2-4-7-6(3-1)8-5-9-7/h1-2,5,7,11H,3-4,6,8H2;1-2,5,7-8H,3-4,6H2;1-2,4-5,10-11H,3,6-7H2;1-6,10-11H,7H2;1-6H,7H2;2*1-7H;1-4,9H,5-6H2;2*1-4,9H,5-6H2;1-4,8-9H,5H2;1-5H,(H,8,9);1-5H. The highest BCUT2D eigenvalue weighted by molar-refractivity contribution is 6.17. The Balaban J connectivity index is 0.000000114. The summed E-state index contributed by atoms with van der Waals surface area (Å²) in [7, 11) is 0. The van der Waals surface area contributed by atoms with Crippen LogP contribution in [0.2, 0.25) is 0 Å². The van der Waals surface area contributed by atoms with Crippen LogP contribution in [0.3, 0.4) is 0 Å². The van der Waals surface area contributed by atoms with Crippen molar-refractivity contribution < 1.29 is 9.15 Å². The summed E-state index contributed by atoms with van der Waals surface area (Å²) in [5.41, 5.74) is 25.5. The highest BCUT2D eigenvalue weighted by Gasteiger charge is 2.12. The second-order valence-corrected chi connectivity index (χ2v) is 30.7. The lowest BCUT2D eigenvalue weighted by Gasteiger charge is -2.17. The van der Waals surface area contributed by atoms with Gasteiger partial charge in [0.05, 0.1) is 81.6 Å². The molecule has 9 aliphatic heterocycles. The summed E-state index contributed by atoms with van der Waals surface area (Å²) in [4.78, 5) is 24.9. The number of aromatic nitrogens is 5. The molecule has 20 heteroatoms. The van der Waals surface area contributed by atoms with Crippen molar-refractivity contribution in [2.75, 3.05) is 100 Å². The fourth-order valence-corrected chi connectivity index (χ4v) is 14.8. The van der Waals surface area contributed by atoms with Crippen LogP contribution in [-0.2, 0) is 38.9 Å². The maximum absolute atomic E-state index is 5.36. The smallest absolute Gasteiger partial charge is 0.181 e. The number of anilines is 9. The first-order valence-electron chi connectivity index (χ1n) is 44.8. The average molecular weight is 1720 g/mol. The van der Waals surface area contributed by atoms with Gasteiger partial charge in [0, 0.05) is 112 Å². The molecule has 0 saturated heterocycles. The molecule has 0 amide bonds. The number of fused-ring (bicyclic) bond motifs is 13. The van der Waals surface area contributed by atoms with Crippen molar-refractivity contribution in [1.82, 2.24) is 30.5 Å². The van der Waals surface area contributed by atoms with E-state index in [1.165, 1.54) is 135 Å². The molecule has 0 fully saturated rings. The van der Waals surface area contributed by atoms with Gasteiger partial charge in [-0.1, -0.05) is 224 Å². The molecular formula is C110H114N18O2. The van der Waals surface area contributed by atoms with E-state index < -0.39 is 0 Å². The second-order valence-electron chi connectivity index (χ2n) is 30.7. The van der Waals surface area contributed by atoms with Gasteiger partial charge in [0.25, 0.3) is 0 Å². The number of aromatic amines is 1. The first-order valence-corrected chi connectivity index (χ1v) is 44.8. The van der Waals surface area contributed by atoms with Crippen LogP contribution in [-0.4, -0.2) is 96.3 Å². The number of hydrogen-bond donors (Lipinski definition) is 11. The highest BCUT2D eigenvalue weighted by atomic mass is 16.5. The monoisotopic (exact) mass is 1720 g/mol. The van der Waals surface area contributed by atoms with Gasteiger partial charge in [-0.25, -0.2) is 4.98 Å². The number of aryl methyl sites for hydroxylation is 2. The molecule has 13 heterocycles. The van der Waals surface area contributed by atoms with Crippen LogP contribution < -0.4 is 57.9 Å². The summed E-state index contributed by atoms with van der Waals surface area (Å²) in [6.07, 6.45) is 28.0. The lowest BCUT2D eigenvalue weighted by Crippen LogP contribution is -2.17. The van der Waals surface area contributed by atoms with E-state index >= 15 is 0 Å². The zero-order valence-electron chi connectivity index (χ0n) is 73.4. The van der Waals surface area contributed by atoms with Crippen molar-refractivity contribution in [3.63, 3.8) is 0 Å². The lowest BCUT2D eigenvalue weighted by molar-refractivity contribution is 0.323. The summed E-state index contributed by atoms with van der Waals surface area (Å²) in [5.74, 6) is 0.966. The van der Waals surface area contributed by atoms with E-state index in [2.05, 4.69) is 269 Å². The Morgan fingerprint density at radius 3 is 1.56 bits per heavy atom. The molecule has 17 aromatic rings. The number of benzene rings is 13. The molecule has 0 aliphatic carbocycles. The van der Waals surface area contributed by atoms with Crippen molar-refractivity contribution >= 4 is 125 Å². The molecule has 0 bridgehead atoms. The third kappa shape index (κ3) is 29.2. The molecule has 4 aromatic heterocycles. The number of para-hydroxylation sites is 16. The molecule has 20 nitrogen and oxygen atoms in total. The van der Waals surface area contributed by atoms with Gasteiger partial charge >= 0.3 is 0 Å². The van der Waals surface area contributed by atoms with Crippen LogP contribution in [0.1, 0.15) is 65.5 Å². The van der Waals surface area contributed by atoms with Gasteiger partial charge in [-0.3, -0.25) is 30.0 Å². The Hall–Kier alpha value is -15.7. The van der Waals surface area contributed by atoms with Gasteiger partial charge < -0.3 is 62.3 Å². The Bertz CT molecular complexity index is 5720. The number of pyridine rings is 2. The van der Waals surface area contributed by atoms with Crippen LogP contribution in [0.15, 0.2) is 397 Å². The fourth-order valence-electron chi connectivity index (χ4n) is 14.8.